The summed E-state index contributed by atoms with van der Waals surface area (Å²) < 4.78 is 0. The number of carbonyl (C=O) groups excluding carboxylic acids is 1. The van der Waals surface area contributed by atoms with Crippen molar-refractivity contribution in [3.8, 4) is 0 Å². The molecule has 1 rings (SSSR count). The second-order valence-corrected chi connectivity index (χ2v) is 4.82. The highest BCUT2D eigenvalue weighted by Gasteiger charge is 2.21. The van der Waals surface area contributed by atoms with Gasteiger partial charge in [-0.2, -0.15) is 0 Å². The van der Waals surface area contributed by atoms with E-state index in [9.17, 15) is 19.7 Å². The molecule has 1 amide bonds. The number of hydrogen-bond donors (Lipinski definition) is 2. The van der Waals surface area contributed by atoms with Crippen molar-refractivity contribution in [2.45, 2.75) is 39.2 Å². The summed E-state index contributed by atoms with van der Waals surface area (Å²) in [6, 6.07) is 2.99. The first-order valence-electron chi connectivity index (χ1n) is 6.65. The molecule has 0 unspecified atom stereocenters. The van der Waals surface area contributed by atoms with Crippen LogP contribution in [0.15, 0.2) is 18.2 Å². The van der Waals surface area contributed by atoms with E-state index in [4.69, 9.17) is 5.11 Å². The number of amides is 1. The van der Waals surface area contributed by atoms with Crippen molar-refractivity contribution in [1.29, 1.82) is 0 Å². The number of nitro benzene ring substituents is 1. The van der Waals surface area contributed by atoms with Crippen molar-refractivity contribution >= 4 is 17.6 Å². The number of nitrogens with one attached hydrogen (secondary N) is 1. The third-order valence-corrected chi connectivity index (χ3v) is 2.98. The molecule has 21 heavy (non-hydrogen) atoms. The summed E-state index contributed by atoms with van der Waals surface area (Å²) >= 11 is 0. The lowest BCUT2D eigenvalue weighted by molar-refractivity contribution is -0.384. The second-order valence-electron chi connectivity index (χ2n) is 4.82. The number of carboxylic acid groups (broad SMARTS) is 1. The summed E-state index contributed by atoms with van der Waals surface area (Å²) in [5, 5.41) is 22.2. The highest BCUT2D eigenvalue weighted by molar-refractivity contribution is 5.97. The monoisotopic (exact) mass is 294 g/mol. The van der Waals surface area contributed by atoms with E-state index in [2.05, 4.69) is 5.32 Å². The number of carboxylic acids is 1. The molecule has 0 aliphatic rings. The van der Waals surface area contributed by atoms with Crippen LogP contribution >= 0.6 is 0 Å². The molecule has 0 fully saturated rings. The number of carbonyl (C=O) groups is 2. The fourth-order valence-corrected chi connectivity index (χ4v) is 1.91. The molecule has 0 spiro atoms. The van der Waals surface area contributed by atoms with Crippen LogP contribution < -0.4 is 5.32 Å². The van der Waals surface area contributed by atoms with Gasteiger partial charge in [0.2, 0.25) is 0 Å². The van der Waals surface area contributed by atoms with Gasteiger partial charge in [-0.05, 0) is 25.0 Å². The predicted octanol–water partition coefficient (Wildman–Crippen LogP) is 2.28. The topological polar surface area (TPSA) is 110 Å². The number of nitrogens with zero attached hydrogens (tertiary/aromatic N) is 1. The van der Waals surface area contributed by atoms with E-state index in [1.165, 1.54) is 12.1 Å². The van der Waals surface area contributed by atoms with Crippen molar-refractivity contribution in [1.82, 2.24) is 5.32 Å². The van der Waals surface area contributed by atoms with Gasteiger partial charge in [-0.3, -0.25) is 14.9 Å². The maximum Gasteiger partial charge on any atom is 0.326 e. The second kappa shape index (κ2) is 7.37. The number of rotatable bonds is 7. The Bertz CT molecular complexity index is 556. The molecule has 1 aromatic carbocycles. The fourth-order valence-electron chi connectivity index (χ4n) is 1.91. The first kappa shape index (κ1) is 16.6. The fraction of sp³-hybridized carbons (Fsp3) is 0.429. The molecule has 0 aliphatic carbocycles. The van der Waals surface area contributed by atoms with Gasteiger partial charge in [-0.1, -0.05) is 19.8 Å². The molecule has 1 atom stereocenters. The molecule has 7 heteroatoms. The summed E-state index contributed by atoms with van der Waals surface area (Å²) in [5.41, 5.74) is 0.458. The smallest absolute Gasteiger partial charge is 0.326 e. The molecule has 7 nitrogen and oxygen atoms in total. The Labute approximate surface area is 122 Å². The van der Waals surface area contributed by atoms with Crippen LogP contribution in [0.5, 0.6) is 0 Å². The lowest BCUT2D eigenvalue weighted by Gasteiger charge is -2.14. The third-order valence-electron chi connectivity index (χ3n) is 2.98. The van der Waals surface area contributed by atoms with Gasteiger partial charge in [0.25, 0.3) is 11.6 Å². The normalized spacial score (nSPS) is 11.7. The summed E-state index contributed by atoms with van der Waals surface area (Å²) in [6.07, 6.45) is 1.81. The molecule has 1 aromatic rings. The average Bonchev–Trinajstić information content (AvgIpc) is 2.42. The van der Waals surface area contributed by atoms with E-state index in [1.807, 2.05) is 6.92 Å². The summed E-state index contributed by atoms with van der Waals surface area (Å²) in [6.45, 7) is 3.56. The maximum atomic E-state index is 12.1. The van der Waals surface area contributed by atoms with Crippen molar-refractivity contribution in [3.63, 3.8) is 0 Å². The van der Waals surface area contributed by atoms with Gasteiger partial charge in [0.15, 0.2) is 0 Å². The van der Waals surface area contributed by atoms with E-state index in [-0.39, 0.29) is 11.3 Å². The summed E-state index contributed by atoms with van der Waals surface area (Å²) in [7, 11) is 0. The number of nitro groups is 1. The van der Waals surface area contributed by atoms with Gasteiger partial charge in [0.1, 0.15) is 6.04 Å². The Morgan fingerprint density at radius 1 is 1.38 bits per heavy atom. The molecule has 0 aromatic heterocycles. The number of aryl methyl sites for hydroxylation is 1. The molecule has 0 saturated carbocycles. The molecule has 0 radical (unpaired) electrons. The standard InChI is InChI=1S/C14H18N2O5/c1-3-4-5-12(14(18)19)15-13(17)10-6-9(2)7-11(8-10)16(20)21/h6-8,12H,3-5H2,1-2H3,(H,15,17)(H,18,19)/t12-/m0/s1. The third kappa shape index (κ3) is 4.87. The first-order valence-corrected chi connectivity index (χ1v) is 6.65. The summed E-state index contributed by atoms with van der Waals surface area (Å²) in [4.78, 5) is 33.3. The van der Waals surface area contributed by atoms with E-state index in [0.29, 0.717) is 18.4 Å². The molecule has 0 bridgehead atoms. The van der Waals surface area contributed by atoms with Crippen LogP contribution in [0.25, 0.3) is 0 Å². The van der Waals surface area contributed by atoms with Gasteiger partial charge < -0.3 is 10.4 Å². The van der Waals surface area contributed by atoms with Crippen LogP contribution in [-0.4, -0.2) is 27.9 Å². The van der Waals surface area contributed by atoms with E-state index in [0.717, 1.165) is 12.5 Å². The van der Waals surface area contributed by atoms with E-state index >= 15 is 0 Å². The molecule has 0 aliphatic heterocycles. The highest BCUT2D eigenvalue weighted by Crippen LogP contribution is 2.17. The Morgan fingerprint density at radius 3 is 2.57 bits per heavy atom. The minimum atomic E-state index is -1.11. The van der Waals surface area contributed by atoms with Crippen molar-refractivity contribution < 1.29 is 19.6 Å². The quantitative estimate of drug-likeness (QED) is 0.592. The van der Waals surface area contributed by atoms with Gasteiger partial charge >= 0.3 is 5.97 Å². The lowest BCUT2D eigenvalue weighted by atomic mass is 10.1. The molecular formula is C14H18N2O5. The minimum absolute atomic E-state index is 0.0875. The lowest BCUT2D eigenvalue weighted by Crippen LogP contribution is -2.40. The molecular weight excluding hydrogens is 276 g/mol. The Kier molecular flexibility index (Phi) is 5.83. The van der Waals surface area contributed by atoms with E-state index < -0.39 is 22.8 Å². The Balaban J connectivity index is 2.92. The Morgan fingerprint density at radius 2 is 2.05 bits per heavy atom. The van der Waals surface area contributed by atoms with Crippen molar-refractivity contribution in [2.24, 2.45) is 0 Å². The number of non-ortho nitro benzene ring substituents is 1. The number of hydrogen-bond acceptors (Lipinski definition) is 4. The molecule has 2 N–H and O–H groups in total. The molecule has 0 saturated heterocycles. The van der Waals surface area contributed by atoms with Crippen LogP contribution in [0.2, 0.25) is 0 Å². The predicted molar refractivity (Wildman–Crippen MR) is 76.2 cm³/mol. The van der Waals surface area contributed by atoms with Crippen molar-refractivity contribution in [3.05, 3.63) is 39.4 Å². The minimum Gasteiger partial charge on any atom is -0.480 e. The van der Waals surface area contributed by atoms with Crippen LogP contribution in [-0.2, 0) is 4.79 Å². The number of benzene rings is 1. The Hall–Kier alpha value is -2.44. The van der Waals surface area contributed by atoms with Crippen LogP contribution in [0.3, 0.4) is 0 Å². The van der Waals surface area contributed by atoms with Crippen LogP contribution in [0, 0.1) is 17.0 Å². The van der Waals surface area contributed by atoms with Gasteiger partial charge in [0, 0.05) is 17.7 Å². The van der Waals surface area contributed by atoms with Crippen LogP contribution in [0.4, 0.5) is 5.69 Å². The first-order chi connectivity index (χ1) is 9.85. The number of aliphatic carboxylic acids is 1. The molecule has 0 heterocycles. The summed E-state index contributed by atoms with van der Waals surface area (Å²) in [5.74, 6) is -1.73. The SMILES string of the molecule is CCCC[C@H](NC(=O)c1cc(C)cc([N+](=O)[O-])c1)C(=O)O. The van der Waals surface area contributed by atoms with Gasteiger partial charge in [0.05, 0.1) is 4.92 Å². The average molecular weight is 294 g/mol. The number of unbranched alkanes of at least 4 members (excludes halogenated alkanes) is 1. The van der Waals surface area contributed by atoms with Crippen molar-refractivity contribution in [2.75, 3.05) is 0 Å². The largest absolute Gasteiger partial charge is 0.480 e. The zero-order chi connectivity index (χ0) is 16.0. The zero-order valence-corrected chi connectivity index (χ0v) is 12.0. The molecule has 114 valence electrons. The maximum absolute atomic E-state index is 12.1. The highest BCUT2D eigenvalue weighted by atomic mass is 16.6. The zero-order valence-electron chi connectivity index (χ0n) is 12.0. The van der Waals surface area contributed by atoms with Crippen LogP contribution in [0.1, 0.15) is 42.1 Å². The van der Waals surface area contributed by atoms with Gasteiger partial charge in [-0.15, -0.1) is 0 Å². The van der Waals surface area contributed by atoms with E-state index in [1.54, 1.807) is 6.92 Å². The van der Waals surface area contributed by atoms with Gasteiger partial charge in [-0.25, -0.2) is 4.79 Å².